The molecule has 12 aromatic rings. The predicted octanol–water partition coefficient (Wildman–Crippen LogP) is 15.1. The molecule has 0 amide bonds. The summed E-state index contributed by atoms with van der Waals surface area (Å²) in [6.45, 7) is 0. The number of fused-ring (bicyclic) bond motifs is 8. The number of aromatic nitrogens is 3. The van der Waals surface area contributed by atoms with Gasteiger partial charge in [0.1, 0.15) is 0 Å². The van der Waals surface area contributed by atoms with Gasteiger partial charge in [0.15, 0.2) is 17.5 Å². The minimum Gasteiger partial charge on any atom is -0.208 e. The van der Waals surface area contributed by atoms with Crippen LogP contribution in [0.25, 0.3) is 121 Å². The molecule has 0 saturated carbocycles. The highest BCUT2D eigenvalue weighted by molar-refractivity contribution is 6.21. The van der Waals surface area contributed by atoms with E-state index in [1.54, 1.807) is 0 Å². The van der Waals surface area contributed by atoms with Gasteiger partial charge in [-0.15, -0.1) is 0 Å². The van der Waals surface area contributed by atoms with Crippen molar-refractivity contribution in [2.75, 3.05) is 0 Å². The van der Waals surface area contributed by atoms with E-state index in [2.05, 4.69) is 206 Å². The molecule has 0 aliphatic heterocycles. The smallest absolute Gasteiger partial charge is 0.165 e. The Morgan fingerprint density at radius 3 is 1.30 bits per heavy atom. The predicted molar refractivity (Wildman–Crippen MR) is 252 cm³/mol. The summed E-state index contributed by atoms with van der Waals surface area (Å²) in [6, 6.07) is 75.9. The Morgan fingerprint density at radius 2 is 0.667 bits per heavy atom. The van der Waals surface area contributed by atoms with Crippen molar-refractivity contribution in [2.24, 2.45) is 0 Å². The molecular formula is C57H35N3. The first-order valence-electron chi connectivity index (χ1n) is 20.4. The van der Waals surface area contributed by atoms with Crippen LogP contribution in [-0.4, -0.2) is 15.0 Å². The number of hydrogen-bond donors (Lipinski definition) is 0. The molecule has 0 N–H and O–H groups in total. The molecule has 0 bridgehead atoms. The first-order chi connectivity index (χ1) is 29.7. The van der Waals surface area contributed by atoms with Gasteiger partial charge in [-0.2, -0.15) is 0 Å². The quantitative estimate of drug-likeness (QED) is 0.129. The third-order valence-corrected chi connectivity index (χ3v) is 12.1. The van der Waals surface area contributed by atoms with Crippen molar-refractivity contribution < 1.29 is 0 Å². The van der Waals surface area contributed by atoms with Gasteiger partial charge in [0, 0.05) is 16.7 Å². The van der Waals surface area contributed by atoms with E-state index in [9.17, 15) is 0 Å². The van der Waals surface area contributed by atoms with Gasteiger partial charge < -0.3 is 0 Å². The third-order valence-electron chi connectivity index (χ3n) is 12.1. The fourth-order valence-corrected chi connectivity index (χ4v) is 9.26. The van der Waals surface area contributed by atoms with Crippen LogP contribution in [0.1, 0.15) is 0 Å². The molecule has 60 heavy (non-hydrogen) atoms. The maximum atomic E-state index is 5.40. The van der Waals surface area contributed by atoms with Crippen LogP contribution in [0, 0.1) is 0 Å². The molecule has 278 valence electrons. The van der Waals surface area contributed by atoms with Crippen molar-refractivity contribution in [3.8, 4) is 56.4 Å². The van der Waals surface area contributed by atoms with Crippen LogP contribution in [-0.2, 0) is 0 Å². The van der Waals surface area contributed by atoms with Gasteiger partial charge in [0.2, 0.25) is 0 Å². The van der Waals surface area contributed by atoms with Crippen molar-refractivity contribution in [3.05, 3.63) is 212 Å². The van der Waals surface area contributed by atoms with Gasteiger partial charge in [0.25, 0.3) is 0 Å². The topological polar surface area (TPSA) is 38.7 Å². The number of benzene rings is 11. The van der Waals surface area contributed by atoms with Gasteiger partial charge in [-0.25, -0.2) is 15.0 Å². The fraction of sp³-hybridized carbons (Fsp3) is 0. The summed E-state index contributed by atoms with van der Waals surface area (Å²) in [5, 5.41) is 14.4. The van der Waals surface area contributed by atoms with E-state index < -0.39 is 0 Å². The van der Waals surface area contributed by atoms with E-state index in [4.69, 9.17) is 15.0 Å². The first kappa shape index (κ1) is 34.1. The van der Waals surface area contributed by atoms with Crippen molar-refractivity contribution in [1.29, 1.82) is 0 Å². The molecule has 0 unspecified atom stereocenters. The van der Waals surface area contributed by atoms with E-state index in [1.807, 2.05) is 6.07 Å². The summed E-state index contributed by atoms with van der Waals surface area (Å²) in [4.78, 5) is 16.1. The Labute approximate surface area is 346 Å². The molecule has 11 aromatic carbocycles. The molecule has 0 aliphatic rings. The molecule has 0 radical (unpaired) electrons. The molecule has 3 heteroatoms. The third kappa shape index (κ3) is 5.55. The molecule has 0 saturated heterocycles. The van der Waals surface area contributed by atoms with E-state index in [1.165, 1.54) is 54.0 Å². The second-order valence-corrected chi connectivity index (χ2v) is 15.5. The van der Waals surface area contributed by atoms with Gasteiger partial charge >= 0.3 is 0 Å². The van der Waals surface area contributed by atoms with Crippen molar-refractivity contribution in [1.82, 2.24) is 15.0 Å². The Bertz CT molecular complexity index is 3650. The van der Waals surface area contributed by atoms with Crippen LogP contribution >= 0.6 is 0 Å². The van der Waals surface area contributed by atoms with Crippen LogP contribution in [0.3, 0.4) is 0 Å². The molecule has 12 rings (SSSR count). The average Bonchev–Trinajstić information content (AvgIpc) is 3.32. The summed E-state index contributed by atoms with van der Waals surface area (Å²) < 4.78 is 0. The van der Waals surface area contributed by atoms with E-state index >= 15 is 0 Å². The van der Waals surface area contributed by atoms with Crippen LogP contribution < -0.4 is 0 Å². The normalized spacial score (nSPS) is 11.7. The summed E-state index contributed by atoms with van der Waals surface area (Å²) in [5.41, 5.74) is 7.43. The van der Waals surface area contributed by atoms with E-state index in [0.29, 0.717) is 17.5 Å². The van der Waals surface area contributed by atoms with E-state index in [0.717, 1.165) is 49.5 Å². The zero-order valence-electron chi connectivity index (χ0n) is 32.5. The molecule has 0 atom stereocenters. The van der Waals surface area contributed by atoms with Gasteiger partial charge in [-0.1, -0.05) is 200 Å². The van der Waals surface area contributed by atoms with Crippen LogP contribution in [0.5, 0.6) is 0 Å². The molecule has 3 nitrogen and oxygen atoms in total. The minimum absolute atomic E-state index is 0.625. The lowest BCUT2D eigenvalue weighted by Crippen LogP contribution is -2.02. The van der Waals surface area contributed by atoms with Crippen LogP contribution in [0.15, 0.2) is 212 Å². The van der Waals surface area contributed by atoms with Crippen LogP contribution in [0.4, 0.5) is 0 Å². The van der Waals surface area contributed by atoms with Crippen LogP contribution in [0.2, 0.25) is 0 Å². The van der Waals surface area contributed by atoms with Crippen molar-refractivity contribution in [2.45, 2.75) is 0 Å². The lowest BCUT2D eigenvalue weighted by molar-refractivity contribution is 1.08. The SMILES string of the molecule is c1ccc(-c2ccccc2-c2nc(-c3ccc(-c4c5ccccc5cc5c4ccc4ccccc45)cc3)nc(-c3c4ccccc4cc4c3ccc3ccccc34)n2)cc1. The maximum Gasteiger partial charge on any atom is 0.165 e. The first-order valence-corrected chi connectivity index (χ1v) is 20.4. The molecule has 1 aromatic heterocycles. The highest BCUT2D eigenvalue weighted by atomic mass is 15.0. The standard InChI is InChI=1S/C57H35N3/c1-2-14-36(15-3-1)43-20-12-13-25-50(43)56-58-55(59-57(60-56)54-47-24-11-7-19-42(47)35-52-45-22-9-5-17-38(45)31-33-49(52)54)40-28-26-39(27-29-40)53-46-23-10-6-18-41(46)34-51-44-21-8-4-16-37(44)30-32-48(51)53/h1-35H. The Morgan fingerprint density at radius 1 is 0.217 bits per heavy atom. The zero-order chi connectivity index (χ0) is 39.6. The molecule has 0 aliphatic carbocycles. The number of nitrogens with zero attached hydrogens (tertiary/aromatic N) is 3. The minimum atomic E-state index is 0.625. The van der Waals surface area contributed by atoms with Crippen molar-refractivity contribution >= 4 is 64.6 Å². The fourth-order valence-electron chi connectivity index (χ4n) is 9.26. The largest absolute Gasteiger partial charge is 0.208 e. The average molecular weight is 762 g/mol. The number of rotatable bonds is 5. The molecule has 0 fully saturated rings. The molecule has 0 spiro atoms. The van der Waals surface area contributed by atoms with Crippen molar-refractivity contribution in [3.63, 3.8) is 0 Å². The summed E-state index contributed by atoms with van der Waals surface area (Å²) in [6.07, 6.45) is 0. The zero-order valence-corrected chi connectivity index (χ0v) is 32.5. The Kier molecular flexibility index (Phi) is 7.85. The van der Waals surface area contributed by atoms with Gasteiger partial charge in [-0.3, -0.25) is 0 Å². The van der Waals surface area contributed by atoms with Gasteiger partial charge in [0.05, 0.1) is 0 Å². The lowest BCUT2D eigenvalue weighted by Gasteiger charge is -2.16. The summed E-state index contributed by atoms with van der Waals surface area (Å²) in [7, 11) is 0. The maximum absolute atomic E-state index is 5.40. The van der Waals surface area contributed by atoms with E-state index in [-0.39, 0.29) is 0 Å². The Hall–Kier alpha value is -8.01. The second-order valence-electron chi connectivity index (χ2n) is 15.5. The summed E-state index contributed by atoms with van der Waals surface area (Å²) in [5.74, 6) is 1.90. The highest BCUT2D eigenvalue weighted by Crippen LogP contribution is 2.42. The molecule has 1 heterocycles. The monoisotopic (exact) mass is 761 g/mol. The molecular weight excluding hydrogens is 727 g/mol. The Balaban J connectivity index is 1.10. The second kappa shape index (κ2) is 13.8. The number of hydrogen-bond acceptors (Lipinski definition) is 3. The van der Waals surface area contributed by atoms with Gasteiger partial charge in [-0.05, 0) is 99.0 Å². The lowest BCUT2D eigenvalue weighted by atomic mass is 9.89. The summed E-state index contributed by atoms with van der Waals surface area (Å²) >= 11 is 0. The highest BCUT2D eigenvalue weighted by Gasteiger charge is 2.20.